The zero-order valence-corrected chi connectivity index (χ0v) is 16.2. The maximum Gasteiger partial charge on any atom is 0.328 e. The number of carbonyl (C=O) groups is 4. The predicted octanol–water partition coefficient (Wildman–Crippen LogP) is 0.234. The van der Waals surface area contributed by atoms with Crippen molar-refractivity contribution in [2.45, 2.75) is 51.1 Å². The van der Waals surface area contributed by atoms with Crippen LogP contribution in [-0.4, -0.2) is 49.4 Å². The van der Waals surface area contributed by atoms with Gasteiger partial charge in [-0.25, -0.2) is 4.79 Å². The highest BCUT2D eigenvalue weighted by molar-refractivity contribution is 5.87. The van der Waals surface area contributed by atoms with Crippen molar-refractivity contribution in [2.75, 3.05) is 13.7 Å². The number of fused-ring (bicyclic) bond motifs is 2. The molecule has 0 aromatic heterocycles. The number of benzene rings is 1. The van der Waals surface area contributed by atoms with Gasteiger partial charge in [-0.05, 0) is 24.0 Å². The second kappa shape index (κ2) is 10.4. The Morgan fingerprint density at radius 1 is 1.14 bits per heavy atom. The zero-order chi connectivity index (χ0) is 20.5. The fourth-order valence-corrected chi connectivity index (χ4v) is 3.16. The van der Waals surface area contributed by atoms with Gasteiger partial charge in [0.25, 0.3) is 0 Å². The summed E-state index contributed by atoms with van der Waals surface area (Å²) < 4.78 is 4.82. The van der Waals surface area contributed by atoms with Gasteiger partial charge in [0.15, 0.2) is 0 Å². The molecule has 2 rings (SSSR count). The molecule has 1 unspecified atom stereocenters. The van der Waals surface area contributed by atoms with Gasteiger partial charge in [-0.1, -0.05) is 24.3 Å². The van der Waals surface area contributed by atoms with Gasteiger partial charge in [-0.2, -0.15) is 0 Å². The second-order valence-electron chi connectivity index (χ2n) is 6.87. The molecule has 0 fully saturated rings. The van der Waals surface area contributed by atoms with Crippen LogP contribution in [0.25, 0.3) is 0 Å². The number of amides is 3. The molecule has 0 saturated carbocycles. The molecule has 0 saturated heterocycles. The van der Waals surface area contributed by atoms with Crippen molar-refractivity contribution in [1.29, 1.82) is 0 Å². The van der Waals surface area contributed by atoms with Gasteiger partial charge in [0, 0.05) is 32.7 Å². The molecule has 28 heavy (non-hydrogen) atoms. The van der Waals surface area contributed by atoms with E-state index in [0.29, 0.717) is 25.8 Å². The van der Waals surface area contributed by atoms with Crippen LogP contribution in [0.5, 0.6) is 0 Å². The molecule has 1 heterocycles. The lowest BCUT2D eigenvalue weighted by atomic mass is 9.99. The van der Waals surface area contributed by atoms with Crippen molar-refractivity contribution in [2.24, 2.45) is 0 Å². The topological polar surface area (TPSA) is 114 Å². The average molecular weight is 389 g/mol. The molecule has 0 aliphatic carbocycles. The Labute approximate surface area is 164 Å². The van der Waals surface area contributed by atoms with Crippen molar-refractivity contribution in [3.05, 3.63) is 35.4 Å². The highest BCUT2D eigenvalue weighted by atomic mass is 16.5. The first-order valence-electron chi connectivity index (χ1n) is 9.39. The van der Waals surface area contributed by atoms with E-state index in [1.54, 1.807) is 0 Å². The first kappa shape index (κ1) is 21.4. The van der Waals surface area contributed by atoms with Crippen LogP contribution < -0.4 is 16.0 Å². The van der Waals surface area contributed by atoms with Crippen LogP contribution in [0.2, 0.25) is 0 Å². The number of nitrogens with one attached hydrogen (secondary N) is 3. The highest BCUT2D eigenvalue weighted by Crippen LogP contribution is 2.12. The monoisotopic (exact) mass is 389 g/mol. The van der Waals surface area contributed by atoms with Crippen molar-refractivity contribution in [3.63, 3.8) is 0 Å². The Hall–Kier alpha value is -2.90. The third-order valence-electron chi connectivity index (χ3n) is 4.52. The number of hydrogen-bond donors (Lipinski definition) is 3. The molecule has 2 atom stereocenters. The second-order valence-corrected chi connectivity index (χ2v) is 6.87. The normalized spacial score (nSPS) is 21.4. The molecule has 1 aromatic rings. The number of hydrogen-bond acceptors (Lipinski definition) is 5. The lowest BCUT2D eigenvalue weighted by Crippen LogP contribution is -2.47. The molecule has 1 aliphatic heterocycles. The predicted molar refractivity (Wildman–Crippen MR) is 102 cm³/mol. The number of rotatable bonds is 2. The van der Waals surface area contributed by atoms with Crippen LogP contribution >= 0.6 is 0 Å². The summed E-state index contributed by atoms with van der Waals surface area (Å²) in [5, 5.41) is 8.22. The fraction of sp³-hybridized carbons (Fsp3) is 0.500. The standard InChI is InChI=1S/C20H27N3O5/c1-13(24)22-16-11-14-6-5-7-15(10-14)12-17(20(27)28-2)23-18(25)8-3-4-9-21-19(16)26/h5-7,10,16-17H,3-4,8-9,11-12H2,1-2H3,(H,21,26)(H,22,24)(H,23,25)/t16-,17?/m0/s1. The van der Waals surface area contributed by atoms with Gasteiger partial charge < -0.3 is 20.7 Å². The van der Waals surface area contributed by atoms with Gasteiger partial charge in [-0.3, -0.25) is 14.4 Å². The Morgan fingerprint density at radius 3 is 2.54 bits per heavy atom. The molecule has 2 bridgehead atoms. The first-order chi connectivity index (χ1) is 13.4. The van der Waals surface area contributed by atoms with Crippen LogP contribution in [-0.2, 0) is 36.8 Å². The largest absolute Gasteiger partial charge is 0.467 e. The lowest BCUT2D eigenvalue weighted by Gasteiger charge is -2.18. The van der Waals surface area contributed by atoms with Crippen LogP contribution in [0.15, 0.2) is 24.3 Å². The number of methoxy groups -OCH3 is 1. The SMILES string of the molecule is COC(=O)C1Cc2cccc(c2)C[C@H](NC(C)=O)C(=O)NCCCCC(=O)N1. The summed E-state index contributed by atoms with van der Waals surface area (Å²) in [5.41, 5.74) is 1.67. The summed E-state index contributed by atoms with van der Waals surface area (Å²) in [4.78, 5) is 48.2. The van der Waals surface area contributed by atoms with E-state index in [9.17, 15) is 19.2 Å². The molecule has 1 aliphatic rings. The van der Waals surface area contributed by atoms with Crippen LogP contribution in [0.4, 0.5) is 0 Å². The molecule has 8 heteroatoms. The highest BCUT2D eigenvalue weighted by Gasteiger charge is 2.23. The van der Waals surface area contributed by atoms with Crippen molar-refractivity contribution < 1.29 is 23.9 Å². The molecular weight excluding hydrogens is 362 g/mol. The molecule has 3 amide bonds. The lowest BCUT2D eigenvalue weighted by molar-refractivity contribution is -0.145. The van der Waals surface area contributed by atoms with Crippen molar-refractivity contribution in [1.82, 2.24) is 16.0 Å². The van der Waals surface area contributed by atoms with E-state index in [-0.39, 0.29) is 30.6 Å². The fourth-order valence-electron chi connectivity index (χ4n) is 3.16. The maximum atomic E-state index is 12.5. The molecule has 3 N–H and O–H groups in total. The minimum absolute atomic E-state index is 0.233. The number of carbonyl (C=O) groups excluding carboxylic acids is 4. The zero-order valence-electron chi connectivity index (χ0n) is 16.2. The molecule has 0 spiro atoms. The Balaban J connectivity index is 2.28. The Morgan fingerprint density at radius 2 is 1.86 bits per heavy atom. The van der Waals surface area contributed by atoms with Gasteiger partial charge in [0.2, 0.25) is 17.7 Å². The summed E-state index contributed by atoms with van der Waals surface area (Å²) in [7, 11) is 1.29. The van der Waals surface area contributed by atoms with Crippen LogP contribution in [0, 0.1) is 0 Å². The van der Waals surface area contributed by atoms with Gasteiger partial charge >= 0.3 is 5.97 Å². The third kappa shape index (κ3) is 6.68. The van der Waals surface area contributed by atoms with Gasteiger partial charge in [-0.15, -0.1) is 0 Å². The molecule has 152 valence electrons. The molecule has 0 radical (unpaired) electrons. The average Bonchev–Trinajstić information content (AvgIpc) is 2.65. The van der Waals surface area contributed by atoms with Gasteiger partial charge in [0.1, 0.15) is 12.1 Å². The summed E-state index contributed by atoms with van der Waals surface area (Å²) in [5.74, 6) is -1.28. The van der Waals surface area contributed by atoms with E-state index >= 15 is 0 Å². The Kier molecular flexibility index (Phi) is 7.98. The smallest absolute Gasteiger partial charge is 0.328 e. The molecular formula is C20H27N3O5. The van der Waals surface area contributed by atoms with Crippen LogP contribution in [0.3, 0.4) is 0 Å². The van der Waals surface area contributed by atoms with Gasteiger partial charge in [0.05, 0.1) is 7.11 Å². The number of esters is 1. The molecule has 8 nitrogen and oxygen atoms in total. The third-order valence-corrected chi connectivity index (χ3v) is 4.52. The van der Waals surface area contributed by atoms with E-state index < -0.39 is 18.1 Å². The van der Waals surface area contributed by atoms with Crippen molar-refractivity contribution >= 4 is 23.7 Å². The quantitative estimate of drug-likeness (QED) is 0.627. The first-order valence-corrected chi connectivity index (χ1v) is 9.39. The van der Waals surface area contributed by atoms with E-state index in [1.165, 1.54) is 14.0 Å². The van der Waals surface area contributed by atoms with E-state index in [2.05, 4.69) is 16.0 Å². The summed E-state index contributed by atoms with van der Waals surface area (Å²) in [6.45, 7) is 1.78. The Bertz CT molecular complexity index is 717. The van der Waals surface area contributed by atoms with E-state index in [4.69, 9.17) is 4.74 Å². The van der Waals surface area contributed by atoms with Crippen molar-refractivity contribution in [3.8, 4) is 0 Å². The van der Waals surface area contributed by atoms with E-state index in [0.717, 1.165) is 11.1 Å². The summed E-state index contributed by atoms with van der Waals surface area (Å²) >= 11 is 0. The summed E-state index contributed by atoms with van der Waals surface area (Å²) in [6, 6.07) is 5.93. The van der Waals surface area contributed by atoms with Crippen LogP contribution in [0.1, 0.15) is 37.3 Å². The van der Waals surface area contributed by atoms with E-state index in [1.807, 2.05) is 24.3 Å². The minimum Gasteiger partial charge on any atom is -0.467 e. The molecule has 1 aromatic carbocycles. The minimum atomic E-state index is -0.774. The summed E-state index contributed by atoms with van der Waals surface area (Å²) in [6.07, 6.45) is 2.04. The maximum absolute atomic E-state index is 12.5. The number of ether oxygens (including phenoxy) is 1.